The topological polar surface area (TPSA) is 58.5 Å². The standard InChI is InChI=1S/C16H23F3N4OS/c1-20-15(23-12-5-6-13(8-12)25-2)22-9-11-4-3-7-21-14(11)24-10-16(17,18)19/h3-4,7,12-13H,5-6,8-10H2,1-2H3,(H2,20,22,23). The highest BCUT2D eigenvalue weighted by molar-refractivity contribution is 7.99. The van der Waals surface area contributed by atoms with Crippen molar-refractivity contribution < 1.29 is 17.9 Å². The number of aromatic nitrogens is 1. The van der Waals surface area contributed by atoms with Gasteiger partial charge in [-0.25, -0.2) is 4.98 Å². The minimum atomic E-state index is -4.39. The van der Waals surface area contributed by atoms with E-state index in [-0.39, 0.29) is 12.4 Å². The molecule has 5 nitrogen and oxygen atoms in total. The summed E-state index contributed by atoms with van der Waals surface area (Å²) in [6, 6.07) is 3.70. The van der Waals surface area contributed by atoms with Gasteiger partial charge in [0.15, 0.2) is 12.6 Å². The third-order valence-electron chi connectivity index (χ3n) is 3.95. The van der Waals surface area contributed by atoms with Gasteiger partial charge in [0.05, 0.1) is 0 Å². The Balaban J connectivity index is 1.89. The van der Waals surface area contributed by atoms with Crippen molar-refractivity contribution in [2.75, 3.05) is 19.9 Å². The van der Waals surface area contributed by atoms with Crippen LogP contribution in [-0.4, -0.2) is 48.3 Å². The Bertz CT molecular complexity index is 583. The summed E-state index contributed by atoms with van der Waals surface area (Å²) >= 11 is 1.87. The maximum absolute atomic E-state index is 12.3. The summed E-state index contributed by atoms with van der Waals surface area (Å²) in [5.41, 5.74) is 0.545. The maximum Gasteiger partial charge on any atom is 0.422 e. The molecule has 140 valence electrons. The molecule has 1 heterocycles. The molecule has 1 aliphatic carbocycles. The van der Waals surface area contributed by atoms with E-state index in [4.69, 9.17) is 4.74 Å². The Labute approximate surface area is 149 Å². The minimum Gasteiger partial charge on any atom is -0.468 e. The van der Waals surface area contributed by atoms with E-state index in [2.05, 4.69) is 26.9 Å². The molecule has 0 radical (unpaired) electrons. The highest BCUT2D eigenvalue weighted by atomic mass is 32.2. The van der Waals surface area contributed by atoms with Gasteiger partial charge in [-0.15, -0.1) is 0 Å². The number of thioether (sulfide) groups is 1. The van der Waals surface area contributed by atoms with Gasteiger partial charge in [0, 0.05) is 36.6 Å². The average Bonchev–Trinajstić information content (AvgIpc) is 3.04. The van der Waals surface area contributed by atoms with E-state index in [9.17, 15) is 13.2 Å². The van der Waals surface area contributed by atoms with E-state index in [1.807, 2.05) is 11.8 Å². The van der Waals surface area contributed by atoms with Crippen molar-refractivity contribution in [3.05, 3.63) is 23.9 Å². The number of halogens is 3. The van der Waals surface area contributed by atoms with Gasteiger partial charge in [-0.05, 0) is 31.6 Å². The summed E-state index contributed by atoms with van der Waals surface area (Å²) in [5.74, 6) is 0.600. The molecule has 0 bridgehead atoms. The van der Waals surface area contributed by atoms with Crippen LogP contribution in [0.1, 0.15) is 24.8 Å². The predicted molar refractivity (Wildman–Crippen MR) is 94.1 cm³/mol. The summed E-state index contributed by atoms with van der Waals surface area (Å²) < 4.78 is 41.8. The first kappa shape index (κ1) is 19.7. The molecular weight excluding hydrogens is 353 g/mol. The van der Waals surface area contributed by atoms with Crippen LogP contribution in [0.3, 0.4) is 0 Å². The zero-order chi connectivity index (χ0) is 18.3. The van der Waals surface area contributed by atoms with E-state index in [1.165, 1.54) is 12.6 Å². The molecule has 1 aromatic heterocycles. The smallest absolute Gasteiger partial charge is 0.422 e. The van der Waals surface area contributed by atoms with Crippen LogP contribution < -0.4 is 15.4 Å². The van der Waals surface area contributed by atoms with Crippen LogP contribution in [0, 0.1) is 0 Å². The van der Waals surface area contributed by atoms with Gasteiger partial charge in [0.2, 0.25) is 5.88 Å². The van der Waals surface area contributed by atoms with Gasteiger partial charge in [-0.3, -0.25) is 4.99 Å². The largest absolute Gasteiger partial charge is 0.468 e. The molecular formula is C16H23F3N4OS. The second kappa shape index (κ2) is 9.17. The molecule has 1 aromatic rings. The fraction of sp³-hybridized carbons (Fsp3) is 0.625. The van der Waals surface area contributed by atoms with Crippen molar-refractivity contribution in [1.82, 2.24) is 15.6 Å². The lowest BCUT2D eigenvalue weighted by atomic mass is 10.2. The average molecular weight is 376 g/mol. The SMILES string of the molecule is CN=C(NCc1cccnc1OCC(F)(F)F)NC1CCC(SC)C1. The van der Waals surface area contributed by atoms with E-state index in [1.54, 1.807) is 19.2 Å². The Hall–Kier alpha value is -1.64. The number of rotatable bonds is 6. The molecule has 0 saturated heterocycles. The fourth-order valence-corrected chi connectivity index (χ4v) is 3.49. The van der Waals surface area contributed by atoms with Gasteiger partial charge >= 0.3 is 6.18 Å². The van der Waals surface area contributed by atoms with Crippen LogP contribution in [-0.2, 0) is 6.54 Å². The molecule has 1 fully saturated rings. The monoisotopic (exact) mass is 376 g/mol. The van der Waals surface area contributed by atoms with Crippen molar-refractivity contribution >= 4 is 17.7 Å². The van der Waals surface area contributed by atoms with E-state index in [0.717, 1.165) is 12.8 Å². The van der Waals surface area contributed by atoms with Crippen LogP contribution in [0.25, 0.3) is 0 Å². The highest BCUT2D eigenvalue weighted by Crippen LogP contribution is 2.28. The minimum absolute atomic E-state index is 0.0221. The Morgan fingerprint density at radius 2 is 2.24 bits per heavy atom. The van der Waals surface area contributed by atoms with E-state index < -0.39 is 12.8 Å². The first-order chi connectivity index (χ1) is 11.9. The lowest BCUT2D eigenvalue weighted by molar-refractivity contribution is -0.154. The number of hydrogen-bond donors (Lipinski definition) is 2. The maximum atomic E-state index is 12.3. The summed E-state index contributed by atoms with van der Waals surface area (Å²) in [5, 5.41) is 7.14. The number of aliphatic imine (C=N–C) groups is 1. The predicted octanol–water partition coefficient (Wildman–Crippen LogP) is 2.97. The third-order valence-corrected chi connectivity index (χ3v) is 5.05. The lowest BCUT2D eigenvalue weighted by Crippen LogP contribution is -2.42. The Morgan fingerprint density at radius 3 is 2.88 bits per heavy atom. The summed E-state index contributed by atoms with van der Waals surface area (Å²) in [7, 11) is 1.67. The molecule has 2 rings (SSSR count). The van der Waals surface area contributed by atoms with Crippen LogP contribution in [0.2, 0.25) is 0 Å². The molecule has 0 spiro atoms. The number of pyridine rings is 1. The molecule has 2 unspecified atom stereocenters. The van der Waals surface area contributed by atoms with Crippen molar-refractivity contribution in [3.63, 3.8) is 0 Å². The Morgan fingerprint density at radius 1 is 1.44 bits per heavy atom. The number of alkyl halides is 3. The molecule has 9 heteroatoms. The molecule has 0 aliphatic heterocycles. The van der Waals surface area contributed by atoms with Crippen molar-refractivity contribution in [2.24, 2.45) is 4.99 Å². The van der Waals surface area contributed by atoms with Gasteiger partial charge in [0.25, 0.3) is 0 Å². The zero-order valence-corrected chi connectivity index (χ0v) is 15.1. The number of ether oxygens (including phenoxy) is 1. The number of nitrogens with one attached hydrogen (secondary N) is 2. The first-order valence-corrected chi connectivity index (χ1v) is 9.33. The van der Waals surface area contributed by atoms with Crippen molar-refractivity contribution in [1.29, 1.82) is 0 Å². The summed E-state index contributed by atoms with van der Waals surface area (Å²) in [6.45, 7) is -1.08. The van der Waals surface area contributed by atoms with Gasteiger partial charge < -0.3 is 15.4 Å². The third kappa shape index (κ3) is 6.64. The van der Waals surface area contributed by atoms with Crippen molar-refractivity contribution in [3.8, 4) is 5.88 Å². The molecule has 0 aromatic carbocycles. The highest BCUT2D eigenvalue weighted by Gasteiger charge is 2.29. The Kier molecular flexibility index (Phi) is 7.22. The van der Waals surface area contributed by atoms with Gasteiger partial charge in [-0.2, -0.15) is 24.9 Å². The molecule has 0 amide bonds. The quantitative estimate of drug-likeness (QED) is 0.591. The number of hydrogen-bond acceptors (Lipinski definition) is 4. The summed E-state index contributed by atoms with van der Waals surface area (Å²) in [4.78, 5) is 8.06. The van der Waals surface area contributed by atoms with Crippen LogP contribution in [0.4, 0.5) is 13.2 Å². The molecule has 1 saturated carbocycles. The lowest BCUT2D eigenvalue weighted by Gasteiger charge is -2.18. The molecule has 2 N–H and O–H groups in total. The first-order valence-electron chi connectivity index (χ1n) is 8.04. The van der Waals surface area contributed by atoms with Crippen LogP contribution in [0.15, 0.2) is 23.3 Å². The van der Waals surface area contributed by atoms with Crippen molar-refractivity contribution in [2.45, 2.75) is 43.3 Å². The van der Waals surface area contributed by atoms with E-state index in [0.29, 0.717) is 22.8 Å². The second-order valence-corrected chi connectivity index (χ2v) is 6.95. The molecule has 1 aliphatic rings. The molecule has 2 atom stereocenters. The number of guanidine groups is 1. The van der Waals surface area contributed by atoms with Crippen LogP contribution >= 0.6 is 11.8 Å². The normalized spacial score (nSPS) is 21.2. The summed E-state index contributed by atoms with van der Waals surface area (Å²) in [6.07, 6.45) is 2.46. The van der Waals surface area contributed by atoms with Crippen LogP contribution in [0.5, 0.6) is 5.88 Å². The molecule has 25 heavy (non-hydrogen) atoms. The zero-order valence-electron chi connectivity index (χ0n) is 14.3. The van der Waals surface area contributed by atoms with E-state index >= 15 is 0 Å². The van der Waals surface area contributed by atoms with Gasteiger partial charge in [-0.1, -0.05) is 6.07 Å². The fourth-order valence-electron chi connectivity index (χ4n) is 2.69. The number of nitrogens with zero attached hydrogens (tertiary/aromatic N) is 2. The van der Waals surface area contributed by atoms with Gasteiger partial charge in [0.1, 0.15) is 0 Å². The second-order valence-electron chi connectivity index (χ2n) is 5.81.